The lowest BCUT2D eigenvalue weighted by atomic mass is 9.91. The van der Waals surface area contributed by atoms with Crippen LogP contribution in [0.3, 0.4) is 0 Å². The Hall–Kier alpha value is -2.69. The first-order valence-electron chi connectivity index (χ1n) is 8.21. The van der Waals surface area contributed by atoms with E-state index in [0.29, 0.717) is 5.69 Å². The van der Waals surface area contributed by atoms with Gasteiger partial charge < -0.3 is 15.0 Å². The Morgan fingerprint density at radius 2 is 2.00 bits per heavy atom. The predicted octanol–water partition coefficient (Wildman–Crippen LogP) is 2.10. The number of ether oxygens (including phenoxy) is 1. The number of nitriles is 1. The van der Waals surface area contributed by atoms with Gasteiger partial charge in [0.25, 0.3) is 5.91 Å². The number of hydrogen-bond donors (Lipinski definition) is 2. The largest absolute Gasteiger partial charge is 0.379 e. The molecule has 1 saturated heterocycles. The Morgan fingerprint density at radius 1 is 1.32 bits per heavy atom. The van der Waals surface area contributed by atoms with Gasteiger partial charge in [-0.3, -0.25) is 9.69 Å². The van der Waals surface area contributed by atoms with Crippen LogP contribution in [-0.2, 0) is 10.3 Å². The zero-order valence-corrected chi connectivity index (χ0v) is 14.4. The molecule has 0 unspecified atom stereocenters. The summed E-state index contributed by atoms with van der Waals surface area (Å²) >= 11 is 0. The number of carbonyl (C=O) groups is 1. The zero-order chi connectivity index (χ0) is 17.9. The standard InChI is InChI=1S/C18H21N5O2/c1-18(2,23-7-9-25-10-8-23)13-3-5-14(6-4-13)22-17(24)16-20-12-15(11-19)21-16/h3-6,12H,7-10H2,1-2H3,(H,20,21)(H,22,24). The molecule has 1 fully saturated rings. The van der Waals surface area contributed by atoms with Crippen molar-refractivity contribution < 1.29 is 9.53 Å². The monoisotopic (exact) mass is 339 g/mol. The minimum atomic E-state index is -0.373. The maximum Gasteiger partial charge on any atom is 0.291 e. The van der Waals surface area contributed by atoms with Crippen LogP contribution in [-0.4, -0.2) is 47.1 Å². The Labute approximate surface area is 146 Å². The Bertz CT molecular complexity index is 783. The van der Waals surface area contributed by atoms with Crippen LogP contribution in [0.25, 0.3) is 0 Å². The summed E-state index contributed by atoms with van der Waals surface area (Å²) in [6, 6.07) is 9.69. The lowest BCUT2D eigenvalue weighted by molar-refractivity contribution is -0.0118. The molecule has 130 valence electrons. The number of benzene rings is 1. The van der Waals surface area contributed by atoms with E-state index in [-0.39, 0.29) is 23.0 Å². The molecule has 1 aromatic carbocycles. The number of imidazole rings is 1. The second-order valence-electron chi connectivity index (χ2n) is 6.44. The predicted molar refractivity (Wildman–Crippen MR) is 93.1 cm³/mol. The van der Waals surface area contributed by atoms with E-state index >= 15 is 0 Å². The van der Waals surface area contributed by atoms with Crippen molar-refractivity contribution in [1.82, 2.24) is 14.9 Å². The number of H-pyrrole nitrogens is 1. The summed E-state index contributed by atoms with van der Waals surface area (Å²) in [5, 5.41) is 11.5. The number of hydrogen-bond acceptors (Lipinski definition) is 5. The van der Waals surface area contributed by atoms with E-state index < -0.39 is 0 Å². The molecule has 2 aromatic rings. The molecule has 0 radical (unpaired) electrons. The molecule has 7 heteroatoms. The Kier molecular flexibility index (Phi) is 4.83. The van der Waals surface area contributed by atoms with Crippen LogP contribution in [0.5, 0.6) is 0 Å². The first kappa shape index (κ1) is 17.1. The molecule has 1 aromatic heterocycles. The number of morpholine rings is 1. The van der Waals surface area contributed by atoms with Gasteiger partial charge in [0, 0.05) is 30.5 Å². The molecule has 2 heterocycles. The fourth-order valence-electron chi connectivity index (χ4n) is 2.95. The van der Waals surface area contributed by atoms with Crippen molar-refractivity contribution in [3.8, 4) is 6.07 Å². The van der Waals surface area contributed by atoms with Gasteiger partial charge in [-0.05, 0) is 31.5 Å². The quantitative estimate of drug-likeness (QED) is 0.889. The van der Waals surface area contributed by atoms with Gasteiger partial charge in [0.05, 0.1) is 13.2 Å². The molecule has 0 saturated carbocycles. The molecule has 0 bridgehead atoms. The average Bonchev–Trinajstić information content (AvgIpc) is 3.12. The summed E-state index contributed by atoms with van der Waals surface area (Å²) in [4.78, 5) is 21.1. The normalized spacial score (nSPS) is 15.6. The lowest BCUT2D eigenvalue weighted by Gasteiger charge is -2.41. The summed E-state index contributed by atoms with van der Waals surface area (Å²) in [6.07, 6.45) is 1.41. The highest BCUT2D eigenvalue weighted by Gasteiger charge is 2.29. The number of anilines is 1. The summed E-state index contributed by atoms with van der Waals surface area (Å²) < 4.78 is 5.43. The second kappa shape index (κ2) is 7.05. The number of rotatable bonds is 4. The highest BCUT2D eigenvalue weighted by molar-refractivity contribution is 6.01. The van der Waals surface area contributed by atoms with E-state index in [4.69, 9.17) is 10.00 Å². The van der Waals surface area contributed by atoms with Gasteiger partial charge >= 0.3 is 0 Å². The summed E-state index contributed by atoms with van der Waals surface area (Å²) in [5.74, 6) is -0.254. The van der Waals surface area contributed by atoms with Crippen molar-refractivity contribution in [2.45, 2.75) is 19.4 Å². The third kappa shape index (κ3) is 3.71. The van der Waals surface area contributed by atoms with Crippen LogP contribution in [0.1, 0.15) is 35.7 Å². The third-order valence-electron chi connectivity index (χ3n) is 4.56. The maximum atomic E-state index is 12.1. The van der Waals surface area contributed by atoms with Gasteiger partial charge in [-0.2, -0.15) is 5.26 Å². The van der Waals surface area contributed by atoms with Crippen molar-refractivity contribution in [2.24, 2.45) is 0 Å². The van der Waals surface area contributed by atoms with Gasteiger partial charge in [-0.25, -0.2) is 4.98 Å². The molecule has 0 aliphatic carbocycles. The van der Waals surface area contributed by atoms with E-state index in [9.17, 15) is 4.79 Å². The fraction of sp³-hybridized carbons (Fsp3) is 0.389. The first-order valence-corrected chi connectivity index (χ1v) is 8.21. The Morgan fingerprint density at radius 3 is 2.60 bits per heavy atom. The number of amides is 1. The summed E-state index contributed by atoms with van der Waals surface area (Å²) in [7, 11) is 0. The van der Waals surface area contributed by atoms with Gasteiger partial charge in [-0.15, -0.1) is 0 Å². The molecule has 1 amide bonds. The smallest absolute Gasteiger partial charge is 0.291 e. The van der Waals surface area contributed by atoms with Crippen LogP contribution in [0.4, 0.5) is 5.69 Å². The van der Waals surface area contributed by atoms with Crippen molar-refractivity contribution in [1.29, 1.82) is 5.26 Å². The molecular weight excluding hydrogens is 318 g/mol. The fourth-order valence-corrected chi connectivity index (χ4v) is 2.95. The highest BCUT2D eigenvalue weighted by atomic mass is 16.5. The van der Waals surface area contributed by atoms with Gasteiger partial charge in [0.15, 0.2) is 11.5 Å². The van der Waals surface area contributed by atoms with Crippen LogP contribution in [0, 0.1) is 11.3 Å². The molecule has 1 aliphatic rings. The lowest BCUT2D eigenvalue weighted by Crippen LogP contribution is -2.47. The van der Waals surface area contributed by atoms with Gasteiger partial charge in [0.1, 0.15) is 6.07 Å². The van der Waals surface area contributed by atoms with E-state index in [1.807, 2.05) is 30.3 Å². The average molecular weight is 339 g/mol. The van der Waals surface area contributed by atoms with E-state index in [0.717, 1.165) is 26.3 Å². The molecular formula is C18H21N5O2. The highest BCUT2D eigenvalue weighted by Crippen LogP contribution is 2.29. The summed E-state index contributed by atoms with van der Waals surface area (Å²) in [5.41, 5.74) is 1.95. The van der Waals surface area contributed by atoms with Crippen molar-refractivity contribution in [3.05, 3.63) is 47.5 Å². The van der Waals surface area contributed by atoms with E-state index in [1.54, 1.807) is 0 Å². The maximum absolute atomic E-state index is 12.1. The van der Waals surface area contributed by atoms with Crippen LogP contribution < -0.4 is 5.32 Å². The SMILES string of the molecule is CC(C)(c1ccc(NC(=O)c2nc(C#N)c[nH]2)cc1)N1CCOCC1. The van der Waals surface area contributed by atoms with E-state index in [1.165, 1.54) is 11.8 Å². The van der Waals surface area contributed by atoms with Gasteiger partial charge in [0.2, 0.25) is 0 Å². The van der Waals surface area contributed by atoms with Crippen LogP contribution >= 0.6 is 0 Å². The molecule has 0 spiro atoms. The zero-order valence-electron chi connectivity index (χ0n) is 14.4. The number of nitrogens with zero attached hydrogens (tertiary/aromatic N) is 3. The minimum Gasteiger partial charge on any atom is -0.379 e. The van der Waals surface area contributed by atoms with Gasteiger partial charge in [-0.1, -0.05) is 12.1 Å². The molecule has 0 atom stereocenters. The number of carbonyl (C=O) groups excluding carboxylic acids is 1. The molecule has 3 rings (SSSR count). The van der Waals surface area contributed by atoms with Crippen molar-refractivity contribution in [2.75, 3.05) is 31.6 Å². The molecule has 7 nitrogen and oxygen atoms in total. The van der Waals surface area contributed by atoms with Crippen molar-refractivity contribution >= 4 is 11.6 Å². The molecule has 1 aliphatic heterocycles. The first-order chi connectivity index (χ1) is 12.0. The summed E-state index contributed by atoms with van der Waals surface area (Å²) in [6.45, 7) is 7.71. The second-order valence-corrected chi connectivity index (χ2v) is 6.44. The molecule has 25 heavy (non-hydrogen) atoms. The number of nitrogens with one attached hydrogen (secondary N) is 2. The third-order valence-corrected chi connectivity index (χ3v) is 4.56. The van der Waals surface area contributed by atoms with Crippen LogP contribution in [0.2, 0.25) is 0 Å². The Balaban J connectivity index is 1.69. The van der Waals surface area contributed by atoms with Crippen LogP contribution in [0.15, 0.2) is 30.5 Å². The van der Waals surface area contributed by atoms with E-state index in [2.05, 4.69) is 34.0 Å². The number of aromatic nitrogens is 2. The van der Waals surface area contributed by atoms with Crippen molar-refractivity contribution in [3.63, 3.8) is 0 Å². The topological polar surface area (TPSA) is 94.0 Å². The number of aromatic amines is 1. The minimum absolute atomic E-state index is 0.102. The molecule has 2 N–H and O–H groups in total.